The summed E-state index contributed by atoms with van der Waals surface area (Å²) in [6, 6.07) is 3.24. The van der Waals surface area contributed by atoms with E-state index in [2.05, 4.69) is 5.32 Å². The highest BCUT2D eigenvalue weighted by Gasteiger charge is 2.36. The van der Waals surface area contributed by atoms with E-state index in [1.54, 1.807) is 19.2 Å². The molecule has 132 valence electrons. The van der Waals surface area contributed by atoms with Crippen LogP contribution < -0.4 is 19.7 Å². The Bertz CT molecular complexity index is 623. The maximum absolute atomic E-state index is 12.3. The van der Waals surface area contributed by atoms with Gasteiger partial charge >= 0.3 is 0 Å². The van der Waals surface area contributed by atoms with Gasteiger partial charge in [0.2, 0.25) is 11.8 Å². The van der Waals surface area contributed by atoms with Gasteiger partial charge in [0.05, 0.1) is 37.5 Å². The van der Waals surface area contributed by atoms with Crippen molar-refractivity contribution in [3.05, 3.63) is 17.2 Å². The average Bonchev–Trinajstić information content (AvgIpc) is 2.96. The molecule has 1 aliphatic heterocycles. The molecule has 0 aromatic heterocycles. The van der Waals surface area contributed by atoms with E-state index < -0.39 is 5.92 Å². The summed E-state index contributed by atoms with van der Waals surface area (Å²) in [5.74, 6) is 0.186. The molecule has 1 aromatic rings. The number of hydrogen-bond donors (Lipinski definition) is 1. The molecule has 0 radical (unpaired) electrons. The van der Waals surface area contributed by atoms with Crippen molar-refractivity contribution in [2.24, 2.45) is 5.92 Å². The fourth-order valence-electron chi connectivity index (χ4n) is 2.59. The third-order valence-electron chi connectivity index (χ3n) is 3.85. The first kappa shape index (κ1) is 18.4. The van der Waals surface area contributed by atoms with E-state index in [9.17, 15) is 9.59 Å². The summed E-state index contributed by atoms with van der Waals surface area (Å²) in [4.78, 5) is 26.0. The minimum Gasteiger partial charge on any atom is -0.495 e. The Hall–Kier alpha value is -1.99. The van der Waals surface area contributed by atoms with Crippen LogP contribution in [0.1, 0.15) is 6.42 Å². The third-order valence-corrected chi connectivity index (χ3v) is 4.14. The van der Waals surface area contributed by atoms with Crippen LogP contribution in [0.3, 0.4) is 0 Å². The second-order valence-corrected chi connectivity index (χ2v) is 5.76. The highest BCUT2D eigenvalue weighted by Crippen LogP contribution is 2.40. The fraction of sp³-hybridized carbons (Fsp3) is 0.500. The highest BCUT2D eigenvalue weighted by molar-refractivity contribution is 6.32. The number of ether oxygens (including phenoxy) is 3. The van der Waals surface area contributed by atoms with Crippen LogP contribution in [-0.4, -0.2) is 52.8 Å². The molecular weight excluding hydrogens is 336 g/mol. The molecule has 24 heavy (non-hydrogen) atoms. The van der Waals surface area contributed by atoms with Gasteiger partial charge in [-0.15, -0.1) is 0 Å². The molecule has 0 unspecified atom stereocenters. The summed E-state index contributed by atoms with van der Waals surface area (Å²) in [7, 11) is 4.57. The van der Waals surface area contributed by atoms with E-state index in [-0.39, 0.29) is 24.8 Å². The van der Waals surface area contributed by atoms with Crippen LogP contribution in [0.25, 0.3) is 0 Å². The Morgan fingerprint density at radius 1 is 1.29 bits per heavy atom. The molecule has 7 nitrogen and oxygen atoms in total. The Labute approximate surface area is 145 Å². The van der Waals surface area contributed by atoms with E-state index in [0.29, 0.717) is 35.4 Å². The van der Waals surface area contributed by atoms with Gasteiger partial charge in [-0.05, 0) is 6.07 Å². The number of benzene rings is 1. The summed E-state index contributed by atoms with van der Waals surface area (Å²) in [6.07, 6.45) is 0.144. The summed E-state index contributed by atoms with van der Waals surface area (Å²) < 4.78 is 15.4. The minimum atomic E-state index is -0.417. The maximum atomic E-state index is 12.3. The monoisotopic (exact) mass is 356 g/mol. The number of nitrogens with zero attached hydrogens (tertiary/aromatic N) is 1. The van der Waals surface area contributed by atoms with Crippen molar-refractivity contribution in [1.29, 1.82) is 0 Å². The van der Waals surface area contributed by atoms with Gasteiger partial charge in [0.15, 0.2) is 0 Å². The molecule has 1 saturated heterocycles. The van der Waals surface area contributed by atoms with Gasteiger partial charge < -0.3 is 24.4 Å². The van der Waals surface area contributed by atoms with E-state index in [4.69, 9.17) is 25.8 Å². The van der Waals surface area contributed by atoms with Crippen molar-refractivity contribution in [2.75, 3.05) is 45.9 Å². The summed E-state index contributed by atoms with van der Waals surface area (Å²) in [5, 5.41) is 3.13. The van der Waals surface area contributed by atoms with Gasteiger partial charge in [0.1, 0.15) is 11.5 Å². The van der Waals surface area contributed by atoms with Gasteiger partial charge in [0.25, 0.3) is 0 Å². The van der Waals surface area contributed by atoms with Gasteiger partial charge in [-0.1, -0.05) is 11.6 Å². The minimum absolute atomic E-state index is 0.144. The van der Waals surface area contributed by atoms with Crippen molar-refractivity contribution in [3.8, 4) is 11.5 Å². The number of carbonyl (C=O) groups excluding carboxylic acids is 2. The lowest BCUT2D eigenvalue weighted by molar-refractivity contribution is -0.126. The standard InChI is InChI=1S/C16H21ClN2O5/c1-22-5-4-18-16(21)10-6-15(20)19(9-10)12-7-11(17)13(23-2)8-14(12)24-3/h7-8,10H,4-6,9H2,1-3H3,(H,18,21)/t10-/m0/s1. The topological polar surface area (TPSA) is 77.1 Å². The third kappa shape index (κ3) is 3.91. The molecular formula is C16H21ClN2O5. The largest absolute Gasteiger partial charge is 0.495 e. The number of nitrogens with one attached hydrogen (secondary N) is 1. The van der Waals surface area contributed by atoms with Crippen molar-refractivity contribution >= 4 is 29.1 Å². The number of hydrogen-bond acceptors (Lipinski definition) is 5. The molecule has 1 fully saturated rings. The Morgan fingerprint density at radius 2 is 2.00 bits per heavy atom. The van der Waals surface area contributed by atoms with E-state index >= 15 is 0 Å². The predicted octanol–water partition coefficient (Wildman–Crippen LogP) is 1.47. The van der Waals surface area contributed by atoms with Gasteiger partial charge in [0, 0.05) is 32.7 Å². The van der Waals surface area contributed by atoms with Crippen molar-refractivity contribution in [2.45, 2.75) is 6.42 Å². The van der Waals surface area contributed by atoms with E-state index in [1.807, 2.05) is 0 Å². The zero-order valence-corrected chi connectivity index (χ0v) is 14.7. The molecule has 8 heteroatoms. The molecule has 1 N–H and O–H groups in total. The average molecular weight is 357 g/mol. The molecule has 2 rings (SSSR count). The molecule has 0 spiro atoms. The first-order chi connectivity index (χ1) is 11.5. The summed E-state index contributed by atoms with van der Waals surface area (Å²) >= 11 is 6.16. The normalized spacial score (nSPS) is 17.1. The van der Waals surface area contributed by atoms with Crippen LogP contribution in [-0.2, 0) is 14.3 Å². The molecule has 0 bridgehead atoms. The van der Waals surface area contributed by atoms with Crippen molar-refractivity contribution in [3.63, 3.8) is 0 Å². The second kappa shape index (κ2) is 8.21. The Morgan fingerprint density at radius 3 is 2.62 bits per heavy atom. The first-order valence-electron chi connectivity index (χ1n) is 7.50. The van der Waals surface area contributed by atoms with Crippen LogP contribution in [0, 0.1) is 5.92 Å². The number of methoxy groups -OCH3 is 3. The lowest BCUT2D eigenvalue weighted by Crippen LogP contribution is -2.34. The number of amides is 2. The van der Waals surface area contributed by atoms with Gasteiger partial charge in [-0.3, -0.25) is 9.59 Å². The number of halogens is 1. The van der Waals surface area contributed by atoms with E-state index in [1.165, 1.54) is 19.1 Å². The lowest BCUT2D eigenvalue weighted by Gasteiger charge is -2.21. The summed E-state index contributed by atoms with van der Waals surface area (Å²) in [5.41, 5.74) is 0.528. The van der Waals surface area contributed by atoms with Gasteiger partial charge in [-0.2, -0.15) is 0 Å². The molecule has 1 aliphatic rings. The lowest BCUT2D eigenvalue weighted by atomic mass is 10.1. The van der Waals surface area contributed by atoms with Crippen LogP contribution in [0.4, 0.5) is 5.69 Å². The van der Waals surface area contributed by atoms with Crippen molar-refractivity contribution in [1.82, 2.24) is 5.32 Å². The predicted molar refractivity (Wildman–Crippen MR) is 89.9 cm³/mol. The zero-order chi connectivity index (χ0) is 17.7. The van der Waals surface area contributed by atoms with Crippen LogP contribution in [0.2, 0.25) is 5.02 Å². The van der Waals surface area contributed by atoms with Crippen LogP contribution in [0.5, 0.6) is 11.5 Å². The molecule has 1 atom stereocenters. The zero-order valence-electron chi connectivity index (χ0n) is 13.9. The smallest absolute Gasteiger partial charge is 0.227 e. The highest BCUT2D eigenvalue weighted by atomic mass is 35.5. The Kier molecular flexibility index (Phi) is 6.28. The molecule has 2 amide bonds. The van der Waals surface area contributed by atoms with Gasteiger partial charge in [-0.25, -0.2) is 0 Å². The molecule has 1 aromatic carbocycles. The number of rotatable bonds is 7. The summed E-state index contributed by atoms with van der Waals surface area (Å²) in [6.45, 7) is 1.12. The van der Waals surface area contributed by atoms with E-state index in [0.717, 1.165) is 0 Å². The number of anilines is 1. The first-order valence-corrected chi connectivity index (χ1v) is 7.88. The maximum Gasteiger partial charge on any atom is 0.227 e. The molecule has 0 aliphatic carbocycles. The fourth-order valence-corrected chi connectivity index (χ4v) is 2.83. The Balaban J connectivity index is 2.17. The van der Waals surface area contributed by atoms with Crippen molar-refractivity contribution < 1.29 is 23.8 Å². The number of carbonyl (C=O) groups is 2. The quantitative estimate of drug-likeness (QED) is 0.749. The SMILES string of the molecule is COCCNC(=O)[C@H]1CC(=O)N(c2cc(Cl)c(OC)cc2OC)C1. The second-order valence-electron chi connectivity index (χ2n) is 5.35. The molecule has 1 heterocycles. The van der Waals surface area contributed by atoms with Crippen LogP contribution in [0.15, 0.2) is 12.1 Å². The molecule has 0 saturated carbocycles. The van der Waals surface area contributed by atoms with Crippen LogP contribution >= 0.6 is 11.6 Å².